The lowest BCUT2D eigenvalue weighted by atomic mass is 10.2. The molecule has 0 aliphatic rings. The Balaban J connectivity index is 2.34. The Labute approximate surface area is 118 Å². The van der Waals surface area contributed by atoms with Crippen molar-refractivity contribution in [2.45, 2.75) is 0 Å². The molecule has 1 N–H and O–H groups in total. The molecule has 0 atom stereocenters. The highest BCUT2D eigenvalue weighted by molar-refractivity contribution is 9.10. The number of hydrogen-bond acceptors (Lipinski definition) is 3. The Morgan fingerprint density at radius 1 is 1.32 bits per heavy atom. The van der Waals surface area contributed by atoms with Crippen LogP contribution in [0.5, 0.6) is 5.75 Å². The molecule has 0 aromatic heterocycles. The zero-order chi connectivity index (χ0) is 13.8. The number of nitriles is 1. The summed E-state index contributed by atoms with van der Waals surface area (Å²) >= 11 is 3.07. The van der Waals surface area contributed by atoms with Gasteiger partial charge in [0.1, 0.15) is 11.8 Å². The summed E-state index contributed by atoms with van der Waals surface area (Å²) in [5.41, 5.74) is 1.25. The van der Waals surface area contributed by atoms with Gasteiger partial charge in [-0.15, -0.1) is 0 Å². The number of methoxy groups -OCH3 is 1. The maximum absolute atomic E-state index is 14.0. The molecule has 0 saturated heterocycles. The van der Waals surface area contributed by atoms with E-state index in [0.29, 0.717) is 17.1 Å². The second-order valence-corrected chi connectivity index (χ2v) is 4.55. The maximum Gasteiger partial charge on any atom is 0.162 e. The molecule has 5 heteroatoms. The minimum absolute atomic E-state index is 0.155. The maximum atomic E-state index is 14.0. The van der Waals surface area contributed by atoms with Crippen LogP contribution in [-0.2, 0) is 0 Å². The van der Waals surface area contributed by atoms with Gasteiger partial charge in [-0.05, 0) is 40.2 Å². The van der Waals surface area contributed by atoms with Gasteiger partial charge in [-0.3, -0.25) is 0 Å². The van der Waals surface area contributed by atoms with Crippen LogP contribution in [0.25, 0.3) is 0 Å². The molecule has 0 fully saturated rings. The molecule has 96 valence electrons. The molecule has 2 aromatic rings. The monoisotopic (exact) mass is 320 g/mol. The molecular weight excluding hydrogens is 311 g/mol. The molecule has 0 saturated carbocycles. The van der Waals surface area contributed by atoms with Crippen molar-refractivity contribution in [1.29, 1.82) is 5.26 Å². The number of hydrogen-bond donors (Lipinski definition) is 1. The molecule has 0 radical (unpaired) electrons. The quantitative estimate of drug-likeness (QED) is 0.921. The van der Waals surface area contributed by atoms with Gasteiger partial charge in [0.25, 0.3) is 0 Å². The molecule has 2 aromatic carbocycles. The van der Waals surface area contributed by atoms with Crippen LogP contribution in [0.15, 0.2) is 40.9 Å². The molecule has 0 bridgehead atoms. The summed E-state index contributed by atoms with van der Waals surface area (Å²) in [4.78, 5) is 0. The highest BCUT2D eigenvalue weighted by Crippen LogP contribution is 2.29. The second kappa shape index (κ2) is 5.72. The average molecular weight is 321 g/mol. The Hall–Kier alpha value is -2.06. The SMILES string of the molecule is COc1cccc(Nc2ccc(C#N)c(Br)c2F)c1. The zero-order valence-electron chi connectivity index (χ0n) is 10.1. The van der Waals surface area contributed by atoms with Crippen molar-refractivity contribution in [3.05, 3.63) is 52.3 Å². The first-order valence-electron chi connectivity index (χ1n) is 5.45. The van der Waals surface area contributed by atoms with Crippen molar-refractivity contribution in [1.82, 2.24) is 0 Å². The largest absolute Gasteiger partial charge is 0.497 e. The van der Waals surface area contributed by atoms with Crippen LogP contribution in [0.4, 0.5) is 15.8 Å². The Morgan fingerprint density at radius 3 is 2.79 bits per heavy atom. The first-order chi connectivity index (χ1) is 9.15. The predicted octanol–water partition coefficient (Wildman–Crippen LogP) is 4.21. The first-order valence-corrected chi connectivity index (χ1v) is 6.24. The Kier molecular flexibility index (Phi) is 4.03. The highest BCUT2D eigenvalue weighted by atomic mass is 79.9. The van der Waals surface area contributed by atoms with E-state index in [-0.39, 0.29) is 10.0 Å². The minimum Gasteiger partial charge on any atom is -0.497 e. The Morgan fingerprint density at radius 2 is 2.11 bits per heavy atom. The summed E-state index contributed by atoms with van der Waals surface area (Å²) in [5, 5.41) is 11.8. The fourth-order valence-electron chi connectivity index (χ4n) is 1.59. The van der Waals surface area contributed by atoms with Gasteiger partial charge < -0.3 is 10.1 Å². The lowest BCUT2D eigenvalue weighted by molar-refractivity contribution is 0.415. The van der Waals surface area contributed by atoms with Crippen molar-refractivity contribution >= 4 is 27.3 Å². The van der Waals surface area contributed by atoms with E-state index in [4.69, 9.17) is 10.00 Å². The third-order valence-corrected chi connectivity index (χ3v) is 3.33. The molecular formula is C14H10BrFN2O. The van der Waals surface area contributed by atoms with Gasteiger partial charge in [-0.2, -0.15) is 5.26 Å². The first kappa shape index (κ1) is 13.4. The van der Waals surface area contributed by atoms with Gasteiger partial charge in [0.2, 0.25) is 0 Å². The van der Waals surface area contributed by atoms with Gasteiger partial charge in [0.05, 0.1) is 22.8 Å². The molecule has 0 aliphatic carbocycles. The number of nitrogens with zero attached hydrogens (tertiary/aromatic N) is 1. The van der Waals surface area contributed by atoms with E-state index in [1.165, 1.54) is 6.07 Å². The van der Waals surface area contributed by atoms with E-state index in [1.54, 1.807) is 37.4 Å². The summed E-state index contributed by atoms with van der Waals surface area (Å²) in [6.07, 6.45) is 0. The molecule has 3 nitrogen and oxygen atoms in total. The molecule has 0 aliphatic heterocycles. The lowest BCUT2D eigenvalue weighted by Crippen LogP contribution is -1.96. The number of rotatable bonds is 3. The van der Waals surface area contributed by atoms with Gasteiger partial charge in [-0.25, -0.2) is 4.39 Å². The van der Waals surface area contributed by atoms with Crippen LogP contribution < -0.4 is 10.1 Å². The lowest BCUT2D eigenvalue weighted by Gasteiger charge is -2.10. The zero-order valence-corrected chi connectivity index (χ0v) is 11.7. The molecule has 0 spiro atoms. The van der Waals surface area contributed by atoms with Crippen molar-refractivity contribution in [2.24, 2.45) is 0 Å². The minimum atomic E-state index is -0.498. The van der Waals surface area contributed by atoms with E-state index >= 15 is 0 Å². The van der Waals surface area contributed by atoms with Crippen molar-refractivity contribution in [3.63, 3.8) is 0 Å². The standard InChI is InChI=1S/C14H10BrFN2O/c1-19-11-4-2-3-10(7-11)18-12-6-5-9(8-17)13(15)14(12)16/h2-7,18H,1H3. The summed E-state index contributed by atoms with van der Waals surface area (Å²) in [7, 11) is 1.57. The Bertz CT molecular complexity index is 652. The number of nitrogens with one attached hydrogen (secondary N) is 1. The third-order valence-electron chi connectivity index (χ3n) is 2.55. The topological polar surface area (TPSA) is 45.0 Å². The van der Waals surface area contributed by atoms with Gasteiger partial charge in [0, 0.05) is 11.8 Å². The fourth-order valence-corrected chi connectivity index (χ4v) is 2.02. The van der Waals surface area contributed by atoms with E-state index in [9.17, 15) is 4.39 Å². The number of halogens is 2. The molecule has 0 heterocycles. The molecule has 0 unspecified atom stereocenters. The van der Waals surface area contributed by atoms with Crippen LogP contribution >= 0.6 is 15.9 Å². The van der Waals surface area contributed by atoms with Crippen molar-refractivity contribution in [2.75, 3.05) is 12.4 Å². The summed E-state index contributed by atoms with van der Waals surface area (Å²) in [6.45, 7) is 0. The van der Waals surface area contributed by atoms with Gasteiger partial charge >= 0.3 is 0 Å². The van der Waals surface area contributed by atoms with Crippen molar-refractivity contribution in [3.8, 4) is 11.8 Å². The summed E-state index contributed by atoms with van der Waals surface area (Å²) in [6, 6.07) is 12.1. The number of ether oxygens (including phenoxy) is 1. The third kappa shape index (κ3) is 2.85. The van der Waals surface area contributed by atoms with E-state index < -0.39 is 5.82 Å². The fraction of sp³-hybridized carbons (Fsp3) is 0.0714. The smallest absolute Gasteiger partial charge is 0.162 e. The van der Waals surface area contributed by atoms with Crippen LogP contribution in [0, 0.1) is 17.1 Å². The van der Waals surface area contributed by atoms with E-state index in [1.807, 2.05) is 6.07 Å². The molecule has 19 heavy (non-hydrogen) atoms. The second-order valence-electron chi connectivity index (χ2n) is 3.76. The summed E-state index contributed by atoms with van der Waals surface area (Å²) in [5.74, 6) is 0.181. The number of anilines is 2. The average Bonchev–Trinajstić information content (AvgIpc) is 2.44. The van der Waals surface area contributed by atoms with E-state index in [2.05, 4.69) is 21.2 Å². The van der Waals surface area contributed by atoms with Gasteiger partial charge in [0.15, 0.2) is 5.82 Å². The van der Waals surface area contributed by atoms with Crippen LogP contribution in [-0.4, -0.2) is 7.11 Å². The highest BCUT2D eigenvalue weighted by Gasteiger charge is 2.11. The number of benzene rings is 2. The summed E-state index contributed by atoms with van der Waals surface area (Å²) < 4.78 is 19.3. The molecule has 0 amide bonds. The predicted molar refractivity (Wildman–Crippen MR) is 75.1 cm³/mol. The normalized spacial score (nSPS) is 9.79. The van der Waals surface area contributed by atoms with E-state index in [0.717, 1.165) is 0 Å². The van der Waals surface area contributed by atoms with Crippen LogP contribution in [0.1, 0.15) is 5.56 Å². The van der Waals surface area contributed by atoms with Crippen molar-refractivity contribution < 1.29 is 9.13 Å². The molecule has 2 rings (SSSR count). The van der Waals surface area contributed by atoms with Crippen LogP contribution in [0.2, 0.25) is 0 Å². The van der Waals surface area contributed by atoms with Gasteiger partial charge in [-0.1, -0.05) is 6.07 Å². The van der Waals surface area contributed by atoms with Crippen LogP contribution in [0.3, 0.4) is 0 Å².